The summed E-state index contributed by atoms with van der Waals surface area (Å²) in [6.45, 7) is 4.25. The number of aliphatic hydroxyl groups is 1. The second kappa shape index (κ2) is 13.7. The van der Waals surface area contributed by atoms with Gasteiger partial charge < -0.3 is 35.4 Å². The topological polar surface area (TPSA) is 161 Å². The lowest BCUT2D eigenvalue weighted by atomic mass is 9.86. The molecule has 0 radical (unpaired) electrons. The van der Waals surface area contributed by atoms with Crippen LogP contribution >= 0.6 is 0 Å². The maximum atomic E-state index is 12.5. The lowest BCUT2D eigenvalue weighted by molar-refractivity contribution is -0.769. The van der Waals surface area contributed by atoms with Gasteiger partial charge in [-0.3, -0.25) is 9.59 Å². The van der Waals surface area contributed by atoms with E-state index >= 15 is 0 Å². The Bertz CT molecular complexity index is 843. The molecule has 2 amide bonds. The third-order valence-corrected chi connectivity index (χ3v) is 5.72. The third kappa shape index (κ3) is 10.4. The zero-order valence-corrected chi connectivity index (χ0v) is 20.5. The van der Waals surface area contributed by atoms with E-state index in [2.05, 4.69) is 20.8 Å². The number of amides is 2. The molecule has 0 aliphatic heterocycles. The monoisotopic (exact) mass is 496 g/mol. The fourth-order valence-electron chi connectivity index (χ4n) is 3.61. The summed E-state index contributed by atoms with van der Waals surface area (Å²) >= 11 is 0. The van der Waals surface area contributed by atoms with Crippen molar-refractivity contribution in [2.45, 2.75) is 57.3 Å². The minimum absolute atomic E-state index is 0.00521. The fraction of sp³-hybridized carbons (Fsp3) is 0.652. The van der Waals surface area contributed by atoms with Crippen LogP contribution in [0, 0.1) is 16.0 Å². The first kappa shape index (κ1) is 28.1. The number of aliphatic hydroxyl groups excluding tert-OH is 1. The van der Waals surface area contributed by atoms with Gasteiger partial charge >= 0.3 is 0 Å². The Hall–Kier alpha value is -3.12. The highest BCUT2D eigenvalue weighted by molar-refractivity contribution is 5.78. The summed E-state index contributed by atoms with van der Waals surface area (Å²) in [6, 6.07) is 6.89. The van der Waals surface area contributed by atoms with Crippen LogP contribution in [-0.4, -0.2) is 73.1 Å². The van der Waals surface area contributed by atoms with Crippen LogP contribution in [0.5, 0.6) is 11.5 Å². The summed E-state index contributed by atoms with van der Waals surface area (Å²) in [7, 11) is 1.52. The van der Waals surface area contributed by atoms with E-state index in [0.29, 0.717) is 43.7 Å². The molecule has 0 saturated heterocycles. The van der Waals surface area contributed by atoms with Crippen molar-refractivity contribution in [2.24, 2.45) is 5.92 Å². The molecule has 196 valence electrons. The van der Waals surface area contributed by atoms with Crippen molar-refractivity contribution >= 4 is 11.8 Å². The van der Waals surface area contributed by atoms with Gasteiger partial charge in [-0.05, 0) is 51.7 Å². The molecule has 0 bridgehead atoms. The summed E-state index contributed by atoms with van der Waals surface area (Å²) in [5.74, 6) is 0.271. The summed E-state index contributed by atoms with van der Waals surface area (Å²) in [4.78, 5) is 38.9. The minimum atomic E-state index is -0.825. The number of rotatable bonds is 14. The zero-order valence-electron chi connectivity index (χ0n) is 20.5. The fourth-order valence-corrected chi connectivity index (χ4v) is 3.61. The molecule has 1 saturated carbocycles. The number of nitrogens with one attached hydrogen (secondary N) is 3. The molecule has 1 unspecified atom stereocenters. The van der Waals surface area contributed by atoms with Gasteiger partial charge in [-0.1, -0.05) is 12.1 Å². The molecule has 1 aromatic rings. The van der Waals surface area contributed by atoms with E-state index in [9.17, 15) is 24.8 Å². The average Bonchev–Trinajstić information content (AvgIpc) is 2.84. The van der Waals surface area contributed by atoms with E-state index < -0.39 is 22.8 Å². The van der Waals surface area contributed by atoms with E-state index in [0.717, 1.165) is 0 Å². The van der Waals surface area contributed by atoms with Gasteiger partial charge in [0.05, 0.1) is 0 Å². The molecule has 1 fully saturated rings. The molecule has 1 atom stereocenters. The number of hydrogen-bond donors (Lipinski definition) is 4. The molecule has 1 aliphatic carbocycles. The maximum Gasteiger partial charge on any atom is 0.294 e. The van der Waals surface area contributed by atoms with Gasteiger partial charge in [-0.25, -0.2) is 0 Å². The first-order valence-electron chi connectivity index (χ1n) is 11.7. The predicted octanol–water partition coefficient (Wildman–Crippen LogP) is 0.803. The highest BCUT2D eigenvalue weighted by Crippen LogP contribution is 2.27. The Kier molecular flexibility index (Phi) is 11.0. The number of para-hydroxylation sites is 2. The Labute approximate surface area is 204 Å². The van der Waals surface area contributed by atoms with E-state index in [-0.39, 0.29) is 37.5 Å². The first-order chi connectivity index (χ1) is 16.6. The first-order valence-corrected chi connectivity index (χ1v) is 11.7. The zero-order chi connectivity index (χ0) is 25.8. The van der Waals surface area contributed by atoms with Crippen LogP contribution in [0.1, 0.15) is 39.5 Å². The molecule has 12 heteroatoms. The molecule has 0 aromatic heterocycles. The van der Waals surface area contributed by atoms with Crippen LogP contribution in [0.3, 0.4) is 0 Å². The largest absolute Gasteiger partial charge is 0.487 e. The van der Waals surface area contributed by atoms with Crippen LogP contribution in [0.4, 0.5) is 0 Å². The van der Waals surface area contributed by atoms with Gasteiger partial charge in [-0.15, -0.1) is 10.1 Å². The smallest absolute Gasteiger partial charge is 0.294 e. The van der Waals surface area contributed by atoms with Crippen molar-refractivity contribution in [3.63, 3.8) is 0 Å². The van der Waals surface area contributed by atoms with Gasteiger partial charge in [0.25, 0.3) is 11.0 Å². The second-order valence-corrected chi connectivity index (χ2v) is 9.16. The highest BCUT2D eigenvalue weighted by atomic mass is 17.0. The molecular weight excluding hydrogens is 460 g/mol. The standard InChI is InChI=1S/C23H36N4O8/c1-23(2,15-25-22(30)16-8-10-18(11-9-16)35-27(31)32)26-12-17(28)13-33-19-6-4-5-7-20(19)34-14-21(29)24-3/h4-7,16-18,26,28H,8-15H2,1-3H3,(H,24,29)(H,25,30)/t16-,17?,18-. The van der Waals surface area contributed by atoms with Crippen LogP contribution < -0.4 is 25.4 Å². The number of carbonyl (C=O) groups excluding carboxylic acids is 2. The predicted molar refractivity (Wildman–Crippen MR) is 126 cm³/mol. The molecular formula is C23H36N4O8. The van der Waals surface area contributed by atoms with Crippen molar-refractivity contribution in [1.82, 2.24) is 16.0 Å². The number of likely N-dealkylation sites (N-methyl/N-ethyl adjacent to an activating group) is 1. The van der Waals surface area contributed by atoms with Crippen molar-refractivity contribution < 1.29 is 34.1 Å². The Morgan fingerprint density at radius 3 is 2.40 bits per heavy atom. The third-order valence-electron chi connectivity index (χ3n) is 5.72. The Morgan fingerprint density at radius 2 is 1.80 bits per heavy atom. The SMILES string of the molecule is CNC(=O)COc1ccccc1OCC(O)CNC(C)(C)CNC(=O)[C@H]1CC[C@H](O[N+](=O)[O-])CC1. The Balaban J connectivity index is 1.70. The van der Waals surface area contributed by atoms with Crippen molar-refractivity contribution in [3.8, 4) is 11.5 Å². The molecule has 1 aromatic carbocycles. The molecule has 4 N–H and O–H groups in total. The minimum Gasteiger partial charge on any atom is -0.487 e. The number of carbonyl (C=O) groups is 2. The number of nitrogens with zero attached hydrogens (tertiary/aromatic N) is 1. The van der Waals surface area contributed by atoms with Gasteiger partial charge in [0, 0.05) is 31.6 Å². The van der Waals surface area contributed by atoms with Crippen molar-refractivity contribution in [1.29, 1.82) is 0 Å². The molecule has 1 aliphatic rings. The number of ether oxygens (including phenoxy) is 2. The number of β-amino-alcohol motifs (C(OH)–C–C–N with tert-alkyl or cyclic N) is 1. The molecule has 2 rings (SSSR count). The molecule has 0 spiro atoms. The lowest BCUT2D eigenvalue weighted by Crippen LogP contribution is -2.52. The lowest BCUT2D eigenvalue weighted by Gasteiger charge is -2.30. The van der Waals surface area contributed by atoms with Crippen molar-refractivity contribution in [2.75, 3.05) is 33.4 Å². The van der Waals surface area contributed by atoms with E-state index in [4.69, 9.17) is 9.47 Å². The van der Waals surface area contributed by atoms with Gasteiger partial charge in [0.2, 0.25) is 5.91 Å². The average molecular weight is 497 g/mol. The van der Waals surface area contributed by atoms with Crippen LogP contribution in [0.25, 0.3) is 0 Å². The number of hydrogen-bond acceptors (Lipinski definition) is 9. The van der Waals surface area contributed by atoms with E-state index in [1.54, 1.807) is 24.3 Å². The number of benzene rings is 1. The van der Waals surface area contributed by atoms with Gasteiger partial charge in [0.15, 0.2) is 18.1 Å². The molecule has 35 heavy (non-hydrogen) atoms. The summed E-state index contributed by atoms with van der Waals surface area (Å²) < 4.78 is 11.1. The van der Waals surface area contributed by atoms with Gasteiger partial charge in [-0.2, -0.15) is 0 Å². The summed E-state index contributed by atoms with van der Waals surface area (Å²) in [5, 5.41) is 28.6. The van der Waals surface area contributed by atoms with Crippen LogP contribution in [0.2, 0.25) is 0 Å². The summed E-state index contributed by atoms with van der Waals surface area (Å²) in [6.07, 6.45) is 0.782. The Morgan fingerprint density at radius 1 is 1.17 bits per heavy atom. The van der Waals surface area contributed by atoms with E-state index in [1.807, 2.05) is 13.8 Å². The normalized spacial score (nSPS) is 18.7. The van der Waals surface area contributed by atoms with Crippen LogP contribution in [0.15, 0.2) is 24.3 Å². The quantitative estimate of drug-likeness (QED) is 0.216. The second-order valence-electron chi connectivity index (χ2n) is 9.16. The molecule has 12 nitrogen and oxygen atoms in total. The maximum absolute atomic E-state index is 12.5. The molecule has 0 heterocycles. The van der Waals surface area contributed by atoms with Crippen LogP contribution in [-0.2, 0) is 14.4 Å². The highest BCUT2D eigenvalue weighted by Gasteiger charge is 2.29. The van der Waals surface area contributed by atoms with E-state index in [1.165, 1.54) is 7.05 Å². The van der Waals surface area contributed by atoms with Gasteiger partial charge in [0.1, 0.15) is 18.8 Å². The summed E-state index contributed by atoms with van der Waals surface area (Å²) in [5.41, 5.74) is -0.489. The van der Waals surface area contributed by atoms with Crippen molar-refractivity contribution in [3.05, 3.63) is 34.4 Å².